The Balaban J connectivity index is 2.04. The maximum absolute atomic E-state index is 6.14. The zero-order valence-corrected chi connectivity index (χ0v) is 9.68. The van der Waals surface area contributed by atoms with Crippen molar-refractivity contribution in [2.24, 2.45) is 5.92 Å². The average molecular weight is 229 g/mol. The highest BCUT2D eigenvalue weighted by Gasteiger charge is 2.17. The summed E-state index contributed by atoms with van der Waals surface area (Å²) in [6.45, 7) is 2.25. The molecule has 0 aliphatic heterocycles. The number of rotatable bonds is 2. The number of nitrogens with zero attached hydrogens (tertiary/aromatic N) is 2. The van der Waals surface area contributed by atoms with E-state index in [4.69, 9.17) is 11.6 Å². The van der Waals surface area contributed by atoms with E-state index in [2.05, 4.69) is 21.7 Å². The molecule has 0 saturated carbocycles. The van der Waals surface area contributed by atoms with Gasteiger partial charge in [0.1, 0.15) is 0 Å². The van der Waals surface area contributed by atoms with Crippen molar-refractivity contribution in [2.45, 2.75) is 31.6 Å². The smallest absolute Gasteiger partial charge is 0.0783 e. The first kappa shape index (κ1) is 10.1. The standard InChI is InChI=1S/C10H13ClN2S/c1-7-2-8(4-9(11)3-7)5-10-6-12-14-13-10/h4,6-7,9H,2-3,5H2,1H3. The maximum Gasteiger partial charge on any atom is 0.0783 e. The zero-order valence-electron chi connectivity index (χ0n) is 8.11. The van der Waals surface area contributed by atoms with Gasteiger partial charge in [-0.2, -0.15) is 8.75 Å². The molecular weight excluding hydrogens is 216 g/mol. The van der Waals surface area contributed by atoms with Crippen LogP contribution in [-0.4, -0.2) is 14.1 Å². The molecule has 1 heterocycles. The van der Waals surface area contributed by atoms with Crippen LogP contribution in [0.2, 0.25) is 0 Å². The highest BCUT2D eigenvalue weighted by atomic mass is 35.5. The van der Waals surface area contributed by atoms with Gasteiger partial charge in [-0.3, -0.25) is 0 Å². The van der Waals surface area contributed by atoms with Crippen LogP contribution in [0, 0.1) is 5.92 Å². The first-order valence-electron chi connectivity index (χ1n) is 4.84. The summed E-state index contributed by atoms with van der Waals surface area (Å²) in [7, 11) is 0. The van der Waals surface area contributed by atoms with Gasteiger partial charge in [0.15, 0.2) is 0 Å². The van der Waals surface area contributed by atoms with Gasteiger partial charge in [0, 0.05) is 6.42 Å². The van der Waals surface area contributed by atoms with E-state index in [1.165, 1.54) is 17.3 Å². The summed E-state index contributed by atoms with van der Waals surface area (Å²) < 4.78 is 8.20. The van der Waals surface area contributed by atoms with Crippen LogP contribution in [-0.2, 0) is 6.42 Å². The van der Waals surface area contributed by atoms with Crippen LogP contribution in [0.25, 0.3) is 0 Å². The summed E-state index contributed by atoms with van der Waals surface area (Å²) >= 11 is 7.41. The van der Waals surface area contributed by atoms with Gasteiger partial charge in [0.2, 0.25) is 0 Å². The molecule has 14 heavy (non-hydrogen) atoms. The molecule has 1 aromatic rings. The van der Waals surface area contributed by atoms with Crippen LogP contribution in [0.4, 0.5) is 0 Å². The van der Waals surface area contributed by atoms with Crippen LogP contribution >= 0.6 is 23.3 Å². The minimum Gasteiger partial charge on any atom is -0.181 e. The van der Waals surface area contributed by atoms with Crippen LogP contribution in [0.5, 0.6) is 0 Å². The molecule has 0 fully saturated rings. The summed E-state index contributed by atoms with van der Waals surface area (Å²) in [6, 6.07) is 0. The monoisotopic (exact) mass is 228 g/mol. The lowest BCUT2D eigenvalue weighted by atomic mass is 9.88. The Hall–Kier alpha value is -0.410. The molecule has 1 aliphatic rings. The lowest BCUT2D eigenvalue weighted by molar-refractivity contribution is 0.507. The van der Waals surface area contributed by atoms with Crippen molar-refractivity contribution in [3.8, 4) is 0 Å². The Morgan fingerprint density at radius 1 is 1.64 bits per heavy atom. The lowest BCUT2D eigenvalue weighted by Gasteiger charge is -2.21. The van der Waals surface area contributed by atoms with Crippen LogP contribution < -0.4 is 0 Å². The van der Waals surface area contributed by atoms with Crippen molar-refractivity contribution in [2.75, 3.05) is 0 Å². The fourth-order valence-corrected chi connectivity index (χ4v) is 2.85. The van der Waals surface area contributed by atoms with Gasteiger partial charge in [-0.15, -0.1) is 11.6 Å². The van der Waals surface area contributed by atoms with Crippen molar-refractivity contribution < 1.29 is 0 Å². The molecular formula is C10H13ClN2S. The second kappa shape index (κ2) is 4.41. The van der Waals surface area contributed by atoms with E-state index < -0.39 is 0 Å². The molecule has 1 aromatic heterocycles. The zero-order chi connectivity index (χ0) is 9.97. The molecule has 2 nitrogen and oxygen atoms in total. The Morgan fingerprint density at radius 2 is 2.50 bits per heavy atom. The lowest BCUT2D eigenvalue weighted by Crippen LogP contribution is -2.13. The third-order valence-electron chi connectivity index (χ3n) is 2.47. The van der Waals surface area contributed by atoms with Gasteiger partial charge >= 0.3 is 0 Å². The largest absolute Gasteiger partial charge is 0.181 e. The molecule has 0 aromatic carbocycles. The Morgan fingerprint density at radius 3 is 3.14 bits per heavy atom. The molecule has 0 N–H and O–H groups in total. The minimum absolute atomic E-state index is 0.209. The number of hydrogen-bond acceptors (Lipinski definition) is 3. The van der Waals surface area contributed by atoms with Gasteiger partial charge in [-0.25, -0.2) is 0 Å². The molecule has 2 unspecified atom stereocenters. The molecule has 0 amide bonds. The van der Waals surface area contributed by atoms with Crippen molar-refractivity contribution in [3.63, 3.8) is 0 Å². The van der Waals surface area contributed by atoms with Crippen molar-refractivity contribution >= 4 is 23.3 Å². The van der Waals surface area contributed by atoms with E-state index in [1.54, 1.807) is 0 Å². The first-order valence-corrected chi connectivity index (χ1v) is 6.01. The first-order chi connectivity index (χ1) is 6.74. The average Bonchev–Trinajstić information content (AvgIpc) is 2.54. The van der Waals surface area contributed by atoms with E-state index in [9.17, 15) is 0 Å². The highest BCUT2D eigenvalue weighted by Crippen LogP contribution is 2.28. The molecule has 0 spiro atoms. The third kappa shape index (κ3) is 2.55. The quantitative estimate of drug-likeness (QED) is 0.575. The number of alkyl halides is 1. The third-order valence-corrected chi connectivity index (χ3v) is 3.29. The van der Waals surface area contributed by atoms with Crippen molar-refractivity contribution in [1.82, 2.24) is 8.75 Å². The van der Waals surface area contributed by atoms with E-state index in [0.29, 0.717) is 5.92 Å². The summed E-state index contributed by atoms with van der Waals surface area (Å²) in [5, 5.41) is 0.209. The van der Waals surface area contributed by atoms with Crippen LogP contribution in [0.1, 0.15) is 25.5 Å². The normalized spacial score (nSPS) is 27.4. The fraction of sp³-hybridized carbons (Fsp3) is 0.600. The van der Waals surface area contributed by atoms with Gasteiger partial charge in [-0.05, 0) is 18.8 Å². The van der Waals surface area contributed by atoms with Crippen LogP contribution in [0.3, 0.4) is 0 Å². The fourth-order valence-electron chi connectivity index (χ4n) is 1.93. The summed E-state index contributed by atoms with van der Waals surface area (Å²) in [5.74, 6) is 0.698. The SMILES string of the molecule is CC1CC(Cc2cnsn2)=CC(Cl)C1. The predicted molar refractivity (Wildman–Crippen MR) is 59.7 cm³/mol. The number of aromatic nitrogens is 2. The van der Waals surface area contributed by atoms with Gasteiger partial charge < -0.3 is 0 Å². The van der Waals surface area contributed by atoms with Gasteiger partial charge in [0.25, 0.3) is 0 Å². The Labute approximate surface area is 93.3 Å². The predicted octanol–water partition coefficient (Wildman–Crippen LogP) is 3.04. The molecule has 0 radical (unpaired) electrons. The molecule has 4 heteroatoms. The maximum atomic E-state index is 6.14. The second-order valence-corrected chi connectivity index (χ2v) is 5.08. The number of allylic oxidation sites excluding steroid dienone is 2. The minimum atomic E-state index is 0.209. The Bertz CT molecular complexity index is 321. The molecule has 76 valence electrons. The van der Waals surface area contributed by atoms with Crippen LogP contribution in [0.15, 0.2) is 17.8 Å². The van der Waals surface area contributed by atoms with E-state index in [-0.39, 0.29) is 5.38 Å². The summed E-state index contributed by atoms with van der Waals surface area (Å²) in [4.78, 5) is 0. The topological polar surface area (TPSA) is 25.8 Å². The number of hydrogen-bond donors (Lipinski definition) is 0. The Kier molecular flexibility index (Phi) is 3.19. The number of halogens is 1. The molecule has 0 saturated heterocycles. The van der Waals surface area contributed by atoms with E-state index >= 15 is 0 Å². The van der Waals surface area contributed by atoms with Crippen molar-refractivity contribution in [1.29, 1.82) is 0 Å². The molecule has 1 aliphatic carbocycles. The molecule has 2 atom stereocenters. The van der Waals surface area contributed by atoms with Gasteiger partial charge in [-0.1, -0.05) is 18.6 Å². The van der Waals surface area contributed by atoms with Crippen molar-refractivity contribution in [3.05, 3.63) is 23.5 Å². The molecule has 2 rings (SSSR count). The summed E-state index contributed by atoms with van der Waals surface area (Å²) in [6.07, 6.45) is 7.19. The van der Waals surface area contributed by atoms with Gasteiger partial charge in [0.05, 0.1) is 29.0 Å². The second-order valence-electron chi connectivity index (χ2n) is 3.96. The summed E-state index contributed by atoms with van der Waals surface area (Å²) in [5.41, 5.74) is 2.48. The highest BCUT2D eigenvalue weighted by molar-refractivity contribution is 6.99. The molecule has 0 bridgehead atoms. The van der Waals surface area contributed by atoms with E-state index in [1.807, 2.05) is 6.20 Å². The van der Waals surface area contributed by atoms with E-state index in [0.717, 1.165) is 25.0 Å².